The fourth-order valence-electron chi connectivity index (χ4n) is 1.96. The van der Waals surface area contributed by atoms with Crippen LogP contribution in [0.1, 0.15) is 12.5 Å². The molecule has 0 heterocycles. The van der Waals surface area contributed by atoms with Crippen LogP contribution in [0.15, 0.2) is 30.9 Å². The maximum absolute atomic E-state index is 12.2. The number of rotatable bonds is 7. The number of methoxy groups -OCH3 is 3. The van der Waals surface area contributed by atoms with Gasteiger partial charge in [0, 0.05) is 12.1 Å². The summed E-state index contributed by atoms with van der Waals surface area (Å²) in [6.45, 7) is 5.83. The van der Waals surface area contributed by atoms with Crippen LogP contribution in [0.4, 0.5) is 0 Å². The Kier molecular flexibility index (Phi) is 5.58. The number of nitrogens with one attached hydrogen (secondary N) is 1. The molecule has 110 valence electrons. The first-order chi connectivity index (χ1) is 9.53. The van der Waals surface area contributed by atoms with Gasteiger partial charge in [-0.2, -0.15) is 0 Å². The lowest BCUT2D eigenvalue weighted by atomic mass is 9.90. The molecule has 1 aromatic carbocycles. The fourth-order valence-corrected chi connectivity index (χ4v) is 1.96. The number of esters is 1. The fraction of sp³-hybridized carbons (Fsp3) is 0.400. The Balaban J connectivity index is 3.37. The predicted octanol–water partition coefficient (Wildman–Crippen LogP) is 1.87. The number of hydrogen-bond donors (Lipinski definition) is 1. The maximum Gasteiger partial charge on any atom is 0.330 e. The van der Waals surface area contributed by atoms with E-state index in [1.165, 1.54) is 7.11 Å². The van der Waals surface area contributed by atoms with E-state index in [2.05, 4.69) is 11.9 Å². The van der Waals surface area contributed by atoms with Gasteiger partial charge in [0.25, 0.3) is 0 Å². The van der Waals surface area contributed by atoms with Gasteiger partial charge in [-0.15, -0.1) is 6.58 Å². The predicted molar refractivity (Wildman–Crippen MR) is 77.1 cm³/mol. The molecule has 1 rings (SSSR count). The third-order valence-electron chi connectivity index (χ3n) is 3.14. The number of hydrogen-bond acceptors (Lipinski definition) is 5. The third-order valence-corrected chi connectivity index (χ3v) is 3.14. The molecule has 0 aliphatic rings. The van der Waals surface area contributed by atoms with E-state index in [-0.39, 0.29) is 0 Å². The quantitative estimate of drug-likeness (QED) is 0.610. The first-order valence-electron chi connectivity index (χ1n) is 6.20. The summed E-state index contributed by atoms with van der Waals surface area (Å²) in [5.41, 5.74) is -0.406. The van der Waals surface area contributed by atoms with Crippen LogP contribution < -0.4 is 14.8 Å². The summed E-state index contributed by atoms with van der Waals surface area (Å²) in [5.74, 6) is 0.803. The van der Waals surface area contributed by atoms with Crippen molar-refractivity contribution >= 4 is 5.97 Å². The summed E-state index contributed by atoms with van der Waals surface area (Å²) in [7, 11) is 4.47. The molecule has 0 saturated heterocycles. The largest absolute Gasteiger partial charge is 0.497 e. The van der Waals surface area contributed by atoms with E-state index in [9.17, 15) is 4.79 Å². The second kappa shape index (κ2) is 6.96. The molecular weight excluding hydrogens is 258 g/mol. The van der Waals surface area contributed by atoms with E-state index < -0.39 is 11.5 Å². The van der Waals surface area contributed by atoms with Crippen molar-refractivity contribution < 1.29 is 19.0 Å². The highest BCUT2D eigenvalue weighted by atomic mass is 16.5. The van der Waals surface area contributed by atoms with Crippen LogP contribution in [-0.2, 0) is 15.1 Å². The second-order valence-electron chi connectivity index (χ2n) is 4.35. The van der Waals surface area contributed by atoms with Gasteiger partial charge in [-0.05, 0) is 25.1 Å². The highest BCUT2D eigenvalue weighted by Gasteiger charge is 2.38. The molecule has 0 saturated carbocycles. The Labute approximate surface area is 119 Å². The summed E-state index contributed by atoms with van der Waals surface area (Å²) in [5, 5.41) is 3.11. The molecule has 1 unspecified atom stereocenters. The van der Waals surface area contributed by atoms with Crippen LogP contribution in [0.25, 0.3) is 0 Å². The van der Waals surface area contributed by atoms with Gasteiger partial charge in [0.1, 0.15) is 17.0 Å². The molecule has 1 aromatic rings. The van der Waals surface area contributed by atoms with Gasteiger partial charge in [-0.25, -0.2) is 4.79 Å². The maximum atomic E-state index is 12.2. The minimum Gasteiger partial charge on any atom is -0.497 e. The van der Waals surface area contributed by atoms with E-state index in [4.69, 9.17) is 14.2 Å². The zero-order chi connectivity index (χ0) is 15.2. The number of carbonyl (C=O) groups excluding carboxylic acids is 1. The van der Waals surface area contributed by atoms with Crippen LogP contribution in [0.5, 0.6) is 11.5 Å². The molecule has 0 aromatic heterocycles. The molecule has 1 N–H and O–H groups in total. The standard InChI is InChI=1S/C15H21NO4/c1-6-9-16-15(2,14(17)20-5)12-10-11(18-3)7-8-13(12)19-4/h6-8,10,16H,1,9H2,2-5H3. The van der Waals surface area contributed by atoms with E-state index in [1.54, 1.807) is 45.4 Å². The molecule has 5 nitrogen and oxygen atoms in total. The van der Waals surface area contributed by atoms with Crippen LogP contribution in [-0.4, -0.2) is 33.8 Å². The van der Waals surface area contributed by atoms with Crippen molar-refractivity contribution in [1.82, 2.24) is 5.32 Å². The monoisotopic (exact) mass is 279 g/mol. The van der Waals surface area contributed by atoms with Crippen molar-refractivity contribution in [2.24, 2.45) is 0 Å². The zero-order valence-electron chi connectivity index (χ0n) is 12.4. The van der Waals surface area contributed by atoms with E-state index in [1.807, 2.05) is 0 Å². The summed E-state index contributed by atoms with van der Waals surface area (Å²) in [6.07, 6.45) is 1.67. The van der Waals surface area contributed by atoms with Crippen molar-refractivity contribution in [1.29, 1.82) is 0 Å². The van der Waals surface area contributed by atoms with Gasteiger partial charge in [-0.3, -0.25) is 5.32 Å². The molecular formula is C15H21NO4. The van der Waals surface area contributed by atoms with Gasteiger partial charge in [0.05, 0.1) is 21.3 Å². The van der Waals surface area contributed by atoms with Crippen LogP contribution >= 0.6 is 0 Å². The van der Waals surface area contributed by atoms with Crippen molar-refractivity contribution in [3.8, 4) is 11.5 Å². The molecule has 0 bridgehead atoms. The van der Waals surface area contributed by atoms with Gasteiger partial charge >= 0.3 is 5.97 Å². The molecule has 1 atom stereocenters. The normalized spacial score (nSPS) is 13.2. The van der Waals surface area contributed by atoms with Gasteiger partial charge in [0.2, 0.25) is 0 Å². The SMILES string of the molecule is C=CCNC(C)(C(=O)OC)c1cc(OC)ccc1OC. The summed E-state index contributed by atoms with van der Waals surface area (Å²) >= 11 is 0. The van der Waals surface area contributed by atoms with Crippen LogP contribution in [0.3, 0.4) is 0 Å². The lowest BCUT2D eigenvalue weighted by molar-refractivity contribution is -0.148. The first-order valence-corrected chi connectivity index (χ1v) is 6.20. The van der Waals surface area contributed by atoms with Gasteiger partial charge < -0.3 is 14.2 Å². The molecule has 0 aliphatic heterocycles. The smallest absolute Gasteiger partial charge is 0.330 e. The Morgan fingerprint density at radius 3 is 2.55 bits per heavy atom. The van der Waals surface area contributed by atoms with Gasteiger partial charge in [0.15, 0.2) is 0 Å². The Morgan fingerprint density at radius 2 is 2.05 bits per heavy atom. The molecule has 20 heavy (non-hydrogen) atoms. The first kappa shape index (κ1) is 16.0. The summed E-state index contributed by atoms with van der Waals surface area (Å²) < 4.78 is 15.5. The van der Waals surface area contributed by atoms with E-state index >= 15 is 0 Å². The Hall–Kier alpha value is -2.01. The highest BCUT2D eigenvalue weighted by Crippen LogP contribution is 2.34. The van der Waals surface area contributed by atoms with Crippen LogP contribution in [0.2, 0.25) is 0 Å². The minimum atomic E-state index is -1.05. The number of benzene rings is 1. The molecule has 0 aliphatic carbocycles. The lowest BCUT2D eigenvalue weighted by Crippen LogP contribution is -2.47. The third kappa shape index (κ3) is 3.11. The molecule has 5 heteroatoms. The Bertz CT molecular complexity index is 487. The van der Waals surface area contributed by atoms with Crippen molar-refractivity contribution in [2.75, 3.05) is 27.9 Å². The van der Waals surface area contributed by atoms with Crippen molar-refractivity contribution in [3.05, 3.63) is 36.4 Å². The number of ether oxygens (including phenoxy) is 3. The number of carbonyl (C=O) groups is 1. The summed E-state index contributed by atoms with van der Waals surface area (Å²) in [6, 6.07) is 5.28. The average molecular weight is 279 g/mol. The Morgan fingerprint density at radius 1 is 1.35 bits per heavy atom. The average Bonchev–Trinajstić information content (AvgIpc) is 2.50. The highest BCUT2D eigenvalue weighted by molar-refractivity contribution is 5.83. The van der Waals surface area contributed by atoms with E-state index in [0.717, 1.165) is 0 Å². The summed E-state index contributed by atoms with van der Waals surface area (Å²) in [4.78, 5) is 12.2. The molecule has 0 spiro atoms. The molecule has 0 radical (unpaired) electrons. The second-order valence-corrected chi connectivity index (χ2v) is 4.35. The van der Waals surface area contributed by atoms with Crippen molar-refractivity contribution in [2.45, 2.75) is 12.5 Å². The lowest BCUT2D eigenvalue weighted by Gasteiger charge is -2.29. The zero-order valence-corrected chi connectivity index (χ0v) is 12.4. The topological polar surface area (TPSA) is 56.8 Å². The van der Waals surface area contributed by atoms with Crippen molar-refractivity contribution in [3.63, 3.8) is 0 Å². The van der Waals surface area contributed by atoms with Crippen LogP contribution in [0, 0.1) is 0 Å². The minimum absolute atomic E-state index is 0.411. The van der Waals surface area contributed by atoms with E-state index in [0.29, 0.717) is 23.6 Å². The molecule has 0 amide bonds. The van der Waals surface area contributed by atoms with Gasteiger partial charge in [-0.1, -0.05) is 6.08 Å². The molecule has 0 fully saturated rings.